The Morgan fingerprint density at radius 3 is 2.56 bits per heavy atom. The molecule has 0 aromatic heterocycles. The maximum absolute atomic E-state index is 3.52. The molecule has 0 spiro atoms. The van der Waals surface area contributed by atoms with E-state index in [2.05, 4.69) is 31.1 Å². The van der Waals surface area contributed by atoms with Crippen LogP contribution in [-0.4, -0.2) is 24.6 Å². The molecule has 1 aliphatic heterocycles. The maximum Gasteiger partial charge on any atom is 0.00667 e. The zero-order valence-corrected chi connectivity index (χ0v) is 12.0. The van der Waals surface area contributed by atoms with Crippen LogP contribution < -0.4 is 5.32 Å². The Hall–Kier alpha value is 0.310. The van der Waals surface area contributed by atoms with Crippen molar-refractivity contribution < 1.29 is 0 Å². The molecule has 0 aromatic carbocycles. The SMILES string of the molecule is CCCCCCC(CC1CCSCC1)NC. The summed E-state index contributed by atoms with van der Waals surface area (Å²) in [6, 6.07) is 0.782. The van der Waals surface area contributed by atoms with Gasteiger partial charge in [-0.25, -0.2) is 0 Å². The van der Waals surface area contributed by atoms with E-state index < -0.39 is 0 Å². The Labute approximate surface area is 106 Å². The van der Waals surface area contributed by atoms with Crippen LogP contribution in [0.5, 0.6) is 0 Å². The van der Waals surface area contributed by atoms with E-state index in [-0.39, 0.29) is 0 Å². The first kappa shape index (κ1) is 14.4. The van der Waals surface area contributed by atoms with Gasteiger partial charge in [-0.1, -0.05) is 32.6 Å². The molecule has 1 heterocycles. The van der Waals surface area contributed by atoms with Gasteiger partial charge in [-0.3, -0.25) is 0 Å². The second-order valence-electron chi connectivity index (χ2n) is 5.13. The molecular weight excluding hydrogens is 214 g/mol. The molecule has 1 nitrogen and oxygen atoms in total. The molecule has 1 fully saturated rings. The van der Waals surface area contributed by atoms with Gasteiger partial charge in [0.1, 0.15) is 0 Å². The fourth-order valence-electron chi connectivity index (χ4n) is 2.58. The highest BCUT2D eigenvalue weighted by atomic mass is 32.2. The van der Waals surface area contributed by atoms with Crippen molar-refractivity contribution >= 4 is 11.8 Å². The van der Waals surface area contributed by atoms with Gasteiger partial charge < -0.3 is 5.32 Å². The molecule has 1 rings (SSSR count). The van der Waals surface area contributed by atoms with Crippen LogP contribution >= 0.6 is 11.8 Å². The Morgan fingerprint density at radius 2 is 1.94 bits per heavy atom. The molecular formula is C14H29NS. The second kappa shape index (κ2) is 9.35. The Balaban J connectivity index is 2.09. The summed E-state index contributed by atoms with van der Waals surface area (Å²) >= 11 is 2.14. The summed E-state index contributed by atoms with van der Waals surface area (Å²) in [6.07, 6.45) is 11.3. The van der Waals surface area contributed by atoms with Gasteiger partial charge in [0, 0.05) is 6.04 Å². The van der Waals surface area contributed by atoms with Crippen molar-refractivity contribution in [2.24, 2.45) is 5.92 Å². The van der Waals surface area contributed by atoms with Gasteiger partial charge >= 0.3 is 0 Å². The second-order valence-corrected chi connectivity index (χ2v) is 6.35. The fraction of sp³-hybridized carbons (Fsp3) is 1.00. The van der Waals surface area contributed by atoms with Crippen LogP contribution in [0.25, 0.3) is 0 Å². The highest BCUT2D eigenvalue weighted by Gasteiger charge is 2.17. The van der Waals surface area contributed by atoms with Crippen LogP contribution in [0.15, 0.2) is 0 Å². The summed E-state index contributed by atoms with van der Waals surface area (Å²) in [5, 5.41) is 3.52. The van der Waals surface area contributed by atoms with Gasteiger partial charge in [-0.05, 0) is 50.2 Å². The summed E-state index contributed by atoms with van der Waals surface area (Å²) in [4.78, 5) is 0. The van der Waals surface area contributed by atoms with Crippen molar-refractivity contribution in [3.63, 3.8) is 0 Å². The van der Waals surface area contributed by atoms with E-state index >= 15 is 0 Å². The lowest BCUT2D eigenvalue weighted by Gasteiger charge is -2.26. The molecule has 0 aromatic rings. The van der Waals surface area contributed by atoms with Crippen molar-refractivity contribution in [1.29, 1.82) is 0 Å². The molecule has 0 radical (unpaired) electrons. The summed E-state index contributed by atoms with van der Waals surface area (Å²) in [5.74, 6) is 3.80. The minimum absolute atomic E-state index is 0.782. The molecule has 16 heavy (non-hydrogen) atoms. The minimum Gasteiger partial charge on any atom is -0.317 e. The molecule has 1 saturated heterocycles. The van der Waals surface area contributed by atoms with E-state index in [4.69, 9.17) is 0 Å². The minimum atomic E-state index is 0.782. The smallest absolute Gasteiger partial charge is 0.00667 e. The summed E-state index contributed by atoms with van der Waals surface area (Å²) < 4.78 is 0. The summed E-state index contributed by atoms with van der Waals surface area (Å²) in [5.41, 5.74) is 0. The van der Waals surface area contributed by atoms with E-state index in [1.807, 2.05) is 0 Å². The average molecular weight is 243 g/mol. The van der Waals surface area contributed by atoms with Crippen LogP contribution in [0.1, 0.15) is 58.3 Å². The van der Waals surface area contributed by atoms with Crippen molar-refractivity contribution in [1.82, 2.24) is 5.32 Å². The molecule has 0 aliphatic carbocycles. The van der Waals surface area contributed by atoms with Gasteiger partial charge in [0.15, 0.2) is 0 Å². The van der Waals surface area contributed by atoms with Crippen LogP contribution in [0.3, 0.4) is 0 Å². The standard InChI is InChI=1S/C14H29NS/c1-3-4-5-6-7-14(15-2)12-13-8-10-16-11-9-13/h13-15H,3-12H2,1-2H3. The third-order valence-corrected chi connectivity index (χ3v) is 4.82. The predicted molar refractivity (Wildman–Crippen MR) is 76.3 cm³/mol. The van der Waals surface area contributed by atoms with Crippen LogP contribution in [0.4, 0.5) is 0 Å². The van der Waals surface area contributed by atoms with E-state index in [9.17, 15) is 0 Å². The number of hydrogen-bond acceptors (Lipinski definition) is 2. The van der Waals surface area contributed by atoms with Crippen molar-refractivity contribution in [3.8, 4) is 0 Å². The number of hydrogen-bond donors (Lipinski definition) is 1. The van der Waals surface area contributed by atoms with E-state index in [1.54, 1.807) is 0 Å². The lowest BCUT2D eigenvalue weighted by molar-refractivity contribution is 0.356. The van der Waals surface area contributed by atoms with E-state index in [1.165, 1.54) is 62.9 Å². The van der Waals surface area contributed by atoms with Crippen molar-refractivity contribution in [2.45, 2.75) is 64.3 Å². The van der Waals surface area contributed by atoms with Crippen LogP contribution in [0, 0.1) is 5.92 Å². The topological polar surface area (TPSA) is 12.0 Å². The summed E-state index contributed by atoms with van der Waals surface area (Å²) in [7, 11) is 2.14. The Morgan fingerprint density at radius 1 is 1.19 bits per heavy atom. The maximum atomic E-state index is 3.52. The molecule has 0 bridgehead atoms. The zero-order chi connectivity index (χ0) is 11.6. The monoisotopic (exact) mass is 243 g/mol. The fourth-order valence-corrected chi connectivity index (χ4v) is 3.79. The van der Waals surface area contributed by atoms with Gasteiger partial charge in [0.2, 0.25) is 0 Å². The number of nitrogens with one attached hydrogen (secondary N) is 1. The normalized spacial score (nSPS) is 19.9. The first-order valence-electron chi connectivity index (χ1n) is 7.11. The first-order chi connectivity index (χ1) is 7.86. The van der Waals surface area contributed by atoms with E-state index in [0.29, 0.717) is 0 Å². The van der Waals surface area contributed by atoms with Gasteiger partial charge in [-0.2, -0.15) is 11.8 Å². The molecule has 0 amide bonds. The van der Waals surface area contributed by atoms with Crippen molar-refractivity contribution in [2.75, 3.05) is 18.6 Å². The third-order valence-electron chi connectivity index (χ3n) is 3.77. The van der Waals surface area contributed by atoms with Gasteiger partial charge in [-0.15, -0.1) is 0 Å². The average Bonchev–Trinajstić information content (AvgIpc) is 2.34. The highest BCUT2D eigenvalue weighted by Crippen LogP contribution is 2.27. The molecule has 1 N–H and O–H groups in total. The Bertz CT molecular complexity index is 155. The predicted octanol–water partition coefficient (Wildman–Crippen LogP) is 4.08. The zero-order valence-electron chi connectivity index (χ0n) is 11.1. The molecule has 1 aliphatic rings. The first-order valence-corrected chi connectivity index (χ1v) is 8.27. The lowest BCUT2D eigenvalue weighted by atomic mass is 9.92. The Kier molecular flexibility index (Phi) is 8.40. The van der Waals surface area contributed by atoms with Gasteiger partial charge in [0.25, 0.3) is 0 Å². The third kappa shape index (κ3) is 6.15. The quantitative estimate of drug-likeness (QED) is 0.645. The van der Waals surface area contributed by atoms with Crippen molar-refractivity contribution in [3.05, 3.63) is 0 Å². The number of unbranched alkanes of at least 4 members (excludes halogenated alkanes) is 3. The lowest BCUT2D eigenvalue weighted by Crippen LogP contribution is -2.29. The highest BCUT2D eigenvalue weighted by molar-refractivity contribution is 7.99. The van der Waals surface area contributed by atoms with E-state index in [0.717, 1.165) is 12.0 Å². The van der Waals surface area contributed by atoms with Gasteiger partial charge in [0.05, 0.1) is 0 Å². The van der Waals surface area contributed by atoms with Crippen LogP contribution in [0.2, 0.25) is 0 Å². The largest absolute Gasteiger partial charge is 0.317 e. The number of rotatable bonds is 8. The number of thioether (sulfide) groups is 1. The summed E-state index contributed by atoms with van der Waals surface area (Å²) in [6.45, 7) is 2.29. The van der Waals surface area contributed by atoms with Crippen LogP contribution in [-0.2, 0) is 0 Å². The molecule has 0 saturated carbocycles. The molecule has 1 unspecified atom stereocenters. The molecule has 2 heteroatoms. The molecule has 1 atom stereocenters. The molecule has 96 valence electrons.